The number of hydrogen-bond acceptors (Lipinski definition) is 9. The van der Waals surface area contributed by atoms with E-state index in [0.29, 0.717) is 38.8 Å². The molecule has 310 valence electrons. The third kappa shape index (κ3) is 13.4. The Hall–Kier alpha value is -5.28. The molecule has 2 aromatic carbocycles. The van der Waals surface area contributed by atoms with Gasteiger partial charge in [-0.25, -0.2) is 9.59 Å². The first-order valence-electron chi connectivity index (χ1n) is 19.5. The van der Waals surface area contributed by atoms with Gasteiger partial charge in [-0.15, -0.1) is 4.99 Å². The van der Waals surface area contributed by atoms with Crippen LogP contribution in [0.2, 0.25) is 0 Å². The van der Waals surface area contributed by atoms with Crippen molar-refractivity contribution in [3.63, 3.8) is 0 Å². The minimum atomic E-state index is -1.18. The lowest BCUT2D eigenvalue weighted by Gasteiger charge is -2.41. The molecule has 0 radical (unpaired) electrons. The molecule has 1 aliphatic carbocycles. The van der Waals surface area contributed by atoms with Gasteiger partial charge in [0.1, 0.15) is 31.1 Å². The molecule has 5 N–H and O–H groups in total. The number of alkyl carbamates (subject to hydrolysis) is 1. The molecule has 4 unspecified atom stereocenters. The fraction of sp³-hybridized carbons (Fsp3) is 0.524. The van der Waals surface area contributed by atoms with Crippen LogP contribution in [0, 0.1) is 0 Å². The van der Waals surface area contributed by atoms with E-state index in [4.69, 9.17) is 24.7 Å². The lowest BCUT2D eigenvalue weighted by atomic mass is 9.98. The van der Waals surface area contributed by atoms with Gasteiger partial charge in [0.2, 0.25) is 17.8 Å². The zero-order chi connectivity index (χ0) is 41.5. The van der Waals surface area contributed by atoms with Gasteiger partial charge in [0.25, 0.3) is 0 Å². The van der Waals surface area contributed by atoms with E-state index in [1.54, 1.807) is 11.8 Å². The Kier molecular flexibility index (Phi) is 16.6. The molecule has 0 spiro atoms. The van der Waals surface area contributed by atoms with E-state index >= 15 is 0 Å². The van der Waals surface area contributed by atoms with Gasteiger partial charge in [-0.1, -0.05) is 67.6 Å². The summed E-state index contributed by atoms with van der Waals surface area (Å²) in [7, 11) is 0. The number of amides is 4. The predicted molar refractivity (Wildman–Crippen MR) is 215 cm³/mol. The highest BCUT2D eigenvalue weighted by Gasteiger charge is 2.37. The van der Waals surface area contributed by atoms with Crippen molar-refractivity contribution in [3.8, 4) is 11.1 Å². The smallest absolute Gasteiger partial charge is 0.437 e. The first-order chi connectivity index (χ1) is 27.2. The van der Waals surface area contributed by atoms with Crippen molar-refractivity contribution in [3.05, 3.63) is 72.3 Å². The Balaban J connectivity index is 1.40. The number of Topliss-reactive ketones (excluding diaryl/α,β-unsaturated/α-hetero) is 1. The summed E-state index contributed by atoms with van der Waals surface area (Å²) in [4.78, 5) is 69.6. The molecule has 4 rings (SSSR count). The van der Waals surface area contributed by atoms with Crippen LogP contribution in [-0.4, -0.2) is 104 Å². The lowest BCUT2D eigenvalue weighted by Crippen LogP contribution is -2.62. The summed E-state index contributed by atoms with van der Waals surface area (Å²) < 4.78 is 22.8. The molecule has 0 saturated carbocycles. The van der Waals surface area contributed by atoms with Crippen molar-refractivity contribution >= 4 is 35.7 Å². The maximum absolute atomic E-state index is 13.7. The standard InChI is InChI=1S/C42H58N6O9/c1-7-23-55-41(53)47-39(43)48-22-15-21-34(38(48)54-24-14-8-9-16-27(2)49)45-36(50)28(3)44-37(51)35(26-57-42(4,5)6)46-40(52)56-25-33-31-19-12-10-17-29(31)30-18-11-13-20-32(30)33/h7,10-13,17-20,28,33-35,38H,1,8-9,14-16,21-26H2,2-6H3,(H,44,51)(H,45,50)(H,46,52)(H2,43,47,53). The second-order valence-electron chi connectivity index (χ2n) is 15.2. The minimum Gasteiger partial charge on any atom is -0.449 e. The van der Waals surface area contributed by atoms with Crippen LogP contribution in [0.25, 0.3) is 11.1 Å². The number of ether oxygens (including phenoxy) is 4. The van der Waals surface area contributed by atoms with Crippen LogP contribution in [0.4, 0.5) is 9.59 Å². The molecule has 2 aliphatic rings. The van der Waals surface area contributed by atoms with Gasteiger partial charge in [-0.05, 0) is 82.6 Å². The first-order valence-corrected chi connectivity index (χ1v) is 19.5. The van der Waals surface area contributed by atoms with E-state index in [2.05, 4.69) is 27.5 Å². The van der Waals surface area contributed by atoms with E-state index in [1.165, 1.54) is 13.0 Å². The number of benzene rings is 2. The molecular formula is C42H58N6O9. The van der Waals surface area contributed by atoms with Gasteiger partial charge < -0.3 is 50.3 Å². The Morgan fingerprint density at radius 3 is 2.26 bits per heavy atom. The highest BCUT2D eigenvalue weighted by Crippen LogP contribution is 2.44. The number of unbranched alkanes of at least 4 members (excludes halogenated alkanes) is 2. The number of nitrogens with one attached hydrogen (secondary N) is 3. The number of rotatable bonds is 18. The Bertz CT molecular complexity index is 1710. The fourth-order valence-corrected chi connectivity index (χ4v) is 6.73. The quantitative estimate of drug-likeness (QED) is 0.0692. The fourth-order valence-electron chi connectivity index (χ4n) is 6.73. The van der Waals surface area contributed by atoms with Crippen molar-refractivity contribution in [2.24, 2.45) is 10.7 Å². The third-order valence-electron chi connectivity index (χ3n) is 9.57. The average molecular weight is 791 g/mol. The number of nitrogens with two attached hydrogens (primary N) is 1. The number of guanidine groups is 1. The zero-order valence-electron chi connectivity index (χ0n) is 33.7. The summed E-state index contributed by atoms with van der Waals surface area (Å²) in [5.41, 5.74) is 9.90. The maximum Gasteiger partial charge on any atom is 0.437 e. The summed E-state index contributed by atoms with van der Waals surface area (Å²) in [6, 6.07) is 13.1. The number of ketones is 1. The van der Waals surface area contributed by atoms with Crippen molar-refractivity contribution in [2.45, 2.75) is 109 Å². The number of likely N-dealkylation sites (tertiary alicyclic amines) is 1. The summed E-state index contributed by atoms with van der Waals surface area (Å²) in [5.74, 6) is -1.34. The van der Waals surface area contributed by atoms with Crippen molar-refractivity contribution in [2.75, 3.05) is 33.0 Å². The van der Waals surface area contributed by atoms with Crippen LogP contribution in [-0.2, 0) is 33.3 Å². The van der Waals surface area contributed by atoms with Crippen LogP contribution in [0.5, 0.6) is 0 Å². The molecule has 15 heteroatoms. The highest BCUT2D eigenvalue weighted by atomic mass is 16.6. The van der Waals surface area contributed by atoms with Gasteiger partial charge in [0.05, 0.1) is 18.2 Å². The van der Waals surface area contributed by atoms with Crippen molar-refractivity contribution in [1.29, 1.82) is 0 Å². The van der Waals surface area contributed by atoms with Gasteiger partial charge in [-0.2, -0.15) is 0 Å². The monoisotopic (exact) mass is 790 g/mol. The van der Waals surface area contributed by atoms with Crippen LogP contribution < -0.4 is 21.7 Å². The van der Waals surface area contributed by atoms with Crippen LogP contribution in [0.15, 0.2) is 66.2 Å². The van der Waals surface area contributed by atoms with Gasteiger partial charge >= 0.3 is 12.2 Å². The Morgan fingerprint density at radius 2 is 1.63 bits per heavy atom. The van der Waals surface area contributed by atoms with E-state index < -0.39 is 54.0 Å². The Morgan fingerprint density at radius 1 is 0.965 bits per heavy atom. The molecule has 57 heavy (non-hydrogen) atoms. The number of carbonyl (C=O) groups excluding carboxylic acids is 5. The molecule has 0 bridgehead atoms. The molecule has 15 nitrogen and oxygen atoms in total. The van der Waals surface area contributed by atoms with Crippen LogP contribution in [0.3, 0.4) is 0 Å². The summed E-state index contributed by atoms with van der Waals surface area (Å²) in [5, 5.41) is 8.31. The topological polar surface area (TPSA) is 200 Å². The number of fused-ring (bicyclic) bond motifs is 3. The molecule has 1 fully saturated rings. The number of piperidine rings is 1. The summed E-state index contributed by atoms with van der Waals surface area (Å²) >= 11 is 0. The predicted octanol–water partition coefficient (Wildman–Crippen LogP) is 4.92. The first kappa shape index (κ1) is 44.4. The average Bonchev–Trinajstić information content (AvgIpc) is 3.49. The number of hydrogen-bond donors (Lipinski definition) is 4. The largest absolute Gasteiger partial charge is 0.449 e. The van der Waals surface area contributed by atoms with Crippen LogP contribution >= 0.6 is 0 Å². The number of aliphatic imine (C=N–C) groups is 1. The van der Waals surface area contributed by atoms with Gasteiger partial charge in [0, 0.05) is 25.5 Å². The third-order valence-corrected chi connectivity index (χ3v) is 9.57. The van der Waals surface area contributed by atoms with E-state index in [9.17, 15) is 24.0 Å². The van der Waals surface area contributed by atoms with Gasteiger partial charge in [0.15, 0.2) is 6.23 Å². The molecule has 4 atom stereocenters. The molecule has 4 amide bonds. The SMILES string of the molecule is C=CCOC(=O)/N=C(/N)N1CCCC(NC(=O)C(C)NC(=O)C(COC(C)(C)C)NC(=O)OCC2c3ccccc3-c3ccccc32)C1OCCCCCC(C)=O. The molecule has 1 heterocycles. The lowest BCUT2D eigenvalue weighted by molar-refractivity contribution is -0.133. The summed E-state index contributed by atoms with van der Waals surface area (Å²) in [6.45, 7) is 12.6. The zero-order valence-corrected chi connectivity index (χ0v) is 33.7. The second-order valence-corrected chi connectivity index (χ2v) is 15.2. The van der Waals surface area contributed by atoms with E-state index in [-0.39, 0.29) is 37.5 Å². The van der Waals surface area contributed by atoms with Gasteiger partial charge in [-0.3, -0.25) is 9.59 Å². The maximum atomic E-state index is 13.7. The minimum absolute atomic E-state index is 0.0392. The highest BCUT2D eigenvalue weighted by molar-refractivity contribution is 5.92. The molecular weight excluding hydrogens is 732 g/mol. The summed E-state index contributed by atoms with van der Waals surface area (Å²) in [6.07, 6.45) is 2.62. The Labute approximate surface area is 335 Å². The van der Waals surface area contributed by atoms with E-state index in [1.807, 2.05) is 69.3 Å². The second kappa shape index (κ2) is 21.3. The number of carbonyl (C=O) groups is 5. The molecule has 1 saturated heterocycles. The van der Waals surface area contributed by atoms with E-state index in [0.717, 1.165) is 35.1 Å². The normalized spacial score (nSPS) is 17.7. The molecule has 2 aromatic rings. The molecule has 1 aliphatic heterocycles. The van der Waals surface area contributed by atoms with Crippen LogP contribution in [0.1, 0.15) is 90.2 Å². The number of nitrogens with zero attached hydrogens (tertiary/aromatic N) is 2. The van der Waals surface area contributed by atoms with Crippen molar-refractivity contribution < 1.29 is 42.9 Å². The molecule has 0 aromatic heterocycles. The van der Waals surface area contributed by atoms with Crippen molar-refractivity contribution in [1.82, 2.24) is 20.9 Å².